The smallest absolute Gasteiger partial charge is 0.313 e. The van der Waals surface area contributed by atoms with Crippen molar-refractivity contribution in [1.29, 1.82) is 0 Å². The number of nitrogens with zero attached hydrogens (tertiary/aromatic N) is 4. The van der Waals surface area contributed by atoms with Crippen molar-refractivity contribution in [1.82, 2.24) is 19.7 Å². The van der Waals surface area contributed by atoms with Gasteiger partial charge in [0.2, 0.25) is 0 Å². The molecule has 1 aliphatic heterocycles. The zero-order chi connectivity index (χ0) is 15.1. The molecule has 0 saturated carbocycles. The molecule has 0 N–H and O–H groups in total. The predicted molar refractivity (Wildman–Crippen MR) is 79.3 cm³/mol. The molecule has 1 amide bonds. The largest absolute Gasteiger partial charge is 0.347 e. The van der Waals surface area contributed by atoms with Crippen molar-refractivity contribution in [2.45, 2.75) is 12.1 Å². The minimum atomic E-state index is -0.613. The number of hydrogen-bond acceptors (Lipinski definition) is 4. The summed E-state index contributed by atoms with van der Waals surface area (Å²) in [5.74, 6) is 0.0956. The Morgan fingerprint density at radius 2 is 2.14 bits per heavy atom. The average Bonchev–Trinajstić information content (AvgIpc) is 2.88. The number of thioether (sulfide) groups is 1. The van der Waals surface area contributed by atoms with Crippen molar-refractivity contribution >= 4 is 41.0 Å². The normalized spacial score (nSPS) is 14.5. The predicted octanol–water partition coefficient (Wildman–Crippen LogP) is 3.74. The monoisotopic (exact) mass is 346 g/mol. The molecule has 0 atom stereocenters. The van der Waals surface area contributed by atoms with Gasteiger partial charge in [0.05, 0.1) is 15.9 Å². The number of hydrogen-bond donors (Lipinski definition) is 0. The van der Waals surface area contributed by atoms with Gasteiger partial charge < -0.3 is 4.90 Å². The Morgan fingerprint density at radius 3 is 2.86 bits per heavy atom. The molecule has 0 aliphatic carbocycles. The number of carbonyl (C=O) groups is 1. The van der Waals surface area contributed by atoms with E-state index >= 15 is 0 Å². The van der Waals surface area contributed by atoms with Gasteiger partial charge in [-0.3, -0.25) is 0 Å². The molecule has 0 unspecified atom stereocenters. The molecular formula is C12H9Cl2FN4OS. The maximum atomic E-state index is 13.6. The van der Waals surface area contributed by atoms with Gasteiger partial charge in [0, 0.05) is 12.1 Å². The first kappa shape index (κ1) is 14.6. The van der Waals surface area contributed by atoms with E-state index < -0.39 is 5.82 Å². The van der Waals surface area contributed by atoms with Gasteiger partial charge in [-0.05, 0) is 19.1 Å². The fourth-order valence-corrected chi connectivity index (χ4v) is 3.30. The lowest BCUT2D eigenvalue weighted by Gasteiger charge is -2.23. The molecule has 2 aromatic rings. The Hall–Kier alpha value is -1.31. The second-order valence-electron chi connectivity index (χ2n) is 4.29. The number of benzene rings is 1. The van der Waals surface area contributed by atoms with E-state index in [1.165, 1.54) is 28.6 Å². The summed E-state index contributed by atoms with van der Waals surface area (Å²) in [5, 5.41) is 4.75. The lowest BCUT2D eigenvalue weighted by atomic mass is 10.2. The van der Waals surface area contributed by atoms with E-state index in [2.05, 4.69) is 10.1 Å². The molecule has 3 rings (SSSR count). The van der Waals surface area contributed by atoms with E-state index in [0.717, 1.165) is 0 Å². The molecule has 0 saturated heterocycles. The second-order valence-corrected chi connectivity index (χ2v) is 6.01. The van der Waals surface area contributed by atoms with Crippen LogP contribution in [-0.4, -0.2) is 38.1 Å². The van der Waals surface area contributed by atoms with E-state index in [1.807, 2.05) is 6.92 Å². The molecule has 9 heteroatoms. The lowest BCUT2D eigenvalue weighted by molar-refractivity contribution is 0.202. The first-order chi connectivity index (χ1) is 10.0. The summed E-state index contributed by atoms with van der Waals surface area (Å²) in [6.07, 6.45) is 0. The van der Waals surface area contributed by atoms with E-state index in [4.69, 9.17) is 23.2 Å². The Morgan fingerprint density at radius 1 is 1.38 bits per heavy atom. The number of fused-ring (bicyclic) bond motifs is 1. The standard InChI is InChI=1S/C12H9Cl2FN4OS/c1-2-18-5-21-11-16-10(17-19(11)12(18)20)6-3-9(15)8(14)4-7(6)13/h3-4H,2,5H2,1H3. The Labute approximate surface area is 134 Å². The lowest BCUT2D eigenvalue weighted by Crippen LogP contribution is -2.38. The summed E-state index contributed by atoms with van der Waals surface area (Å²) in [6, 6.07) is 2.20. The highest BCUT2D eigenvalue weighted by Crippen LogP contribution is 2.33. The first-order valence-electron chi connectivity index (χ1n) is 6.05. The van der Waals surface area contributed by atoms with Crippen LogP contribution in [0.15, 0.2) is 17.3 Å². The van der Waals surface area contributed by atoms with Crippen LogP contribution in [0.5, 0.6) is 0 Å². The second kappa shape index (κ2) is 5.47. The molecule has 0 spiro atoms. The number of aromatic nitrogens is 3. The molecule has 1 aromatic carbocycles. The fraction of sp³-hybridized carbons (Fsp3) is 0.250. The van der Waals surface area contributed by atoms with Gasteiger partial charge in [-0.25, -0.2) is 14.2 Å². The quantitative estimate of drug-likeness (QED) is 0.777. The van der Waals surface area contributed by atoms with Crippen molar-refractivity contribution in [3.8, 4) is 11.4 Å². The van der Waals surface area contributed by atoms with Gasteiger partial charge in [-0.15, -0.1) is 5.10 Å². The summed E-state index contributed by atoms with van der Waals surface area (Å²) in [4.78, 5) is 18.0. The van der Waals surface area contributed by atoms with Gasteiger partial charge >= 0.3 is 6.03 Å². The van der Waals surface area contributed by atoms with Gasteiger partial charge in [-0.2, -0.15) is 4.68 Å². The highest BCUT2D eigenvalue weighted by atomic mass is 35.5. The van der Waals surface area contributed by atoms with E-state index in [1.54, 1.807) is 4.90 Å². The number of carbonyl (C=O) groups excluding carboxylic acids is 1. The number of rotatable bonds is 2. The minimum absolute atomic E-state index is 0.0738. The summed E-state index contributed by atoms with van der Waals surface area (Å²) in [7, 11) is 0. The molecular weight excluding hydrogens is 338 g/mol. The molecule has 1 aromatic heterocycles. The van der Waals surface area contributed by atoms with Crippen molar-refractivity contribution < 1.29 is 9.18 Å². The third-order valence-electron chi connectivity index (χ3n) is 3.01. The Bertz CT molecular complexity index is 736. The molecule has 0 fully saturated rings. The summed E-state index contributed by atoms with van der Waals surface area (Å²) in [6.45, 7) is 2.46. The van der Waals surface area contributed by atoms with E-state index in [0.29, 0.717) is 23.1 Å². The van der Waals surface area contributed by atoms with Crippen molar-refractivity contribution in [3.63, 3.8) is 0 Å². The zero-order valence-electron chi connectivity index (χ0n) is 10.8. The van der Waals surface area contributed by atoms with Crippen molar-refractivity contribution in [2.24, 2.45) is 0 Å². The van der Waals surface area contributed by atoms with Gasteiger partial charge in [0.1, 0.15) is 5.82 Å². The fourth-order valence-electron chi connectivity index (χ4n) is 1.88. The van der Waals surface area contributed by atoms with Crippen LogP contribution in [-0.2, 0) is 0 Å². The zero-order valence-corrected chi connectivity index (χ0v) is 13.1. The maximum absolute atomic E-state index is 13.6. The van der Waals surface area contributed by atoms with E-state index in [-0.39, 0.29) is 21.9 Å². The average molecular weight is 347 g/mol. The topological polar surface area (TPSA) is 51.0 Å². The highest BCUT2D eigenvalue weighted by Gasteiger charge is 2.27. The Balaban J connectivity index is 2.07. The van der Waals surface area contributed by atoms with Crippen molar-refractivity contribution in [3.05, 3.63) is 28.0 Å². The van der Waals surface area contributed by atoms with E-state index in [9.17, 15) is 9.18 Å². The molecule has 1 aliphatic rings. The van der Waals surface area contributed by atoms with Crippen LogP contribution in [0.25, 0.3) is 11.4 Å². The van der Waals surface area contributed by atoms with Crippen LogP contribution in [0.3, 0.4) is 0 Å². The highest BCUT2D eigenvalue weighted by molar-refractivity contribution is 7.99. The summed E-state index contributed by atoms with van der Waals surface area (Å²) >= 11 is 13.1. The molecule has 21 heavy (non-hydrogen) atoms. The van der Waals surface area contributed by atoms with Crippen LogP contribution in [0.2, 0.25) is 10.0 Å². The van der Waals surface area contributed by atoms with Crippen LogP contribution in [0.1, 0.15) is 6.92 Å². The van der Waals surface area contributed by atoms with Gasteiger partial charge in [0.25, 0.3) is 0 Å². The molecule has 110 valence electrons. The first-order valence-corrected chi connectivity index (χ1v) is 7.79. The summed E-state index contributed by atoms with van der Waals surface area (Å²) in [5.41, 5.74) is 0.303. The third kappa shape index (κ3) is 2.49. The van der Waals surface area contributed by atoms with Crippen LogP contribution in [0, 0.1) is 5.82 Å². The Kier molecular flexibility index (Phi) is 3.81. The maximum Gasteiger partial charge on any atom is 0.347 e. The third-order valence-corrected chi connectivity index (χ3v) is 4.58. The molecule has 5 nitrogen and oxygen atoms in total. The number of amides is 1. The minimum Gasteiger partial charge on any atom is -0.313 e. The van der Waals surface area contributed by atoms with Gasteiger partial charge in [-0.1, -0.05) is 35.0 Å². The van der Waals surface area contributed by atoms with Crippen LogP contribution in [0.4, 0.5) is 9.18 Å². The molecule has 0 bridgehead atoms. The summed E-state index contributed by atoms with van der Waals surface area (Å²) < 4.78 is 14.8. The van der Waals surface area contributed by atoms with Crippen LogP contribution >= 0.6 is 35.0 Å². The SMILES string of the molecule is CCN1CSc2nc(-c3cc(F)c(Cl)cc3Cl)nn2C1=O. The molecule has 2 heterocycles. The van der Waals surface area contributed by atoms with Gasteiger partial charge in [0.15, 0.2) is 11.0 Å². The van der Waals surface area contributed by atoms with Crippen LogP contribution < -0.4 is 0 Å². The van der Waals surface area contributed by atoms with Crippen molar-refractivity contribution in [2.75, 3.05) is 12.4 Å². The molecule has 0 radical (unpaired) electrons. The number of halogens is 3.